The standard InChI is InChI=1S/C11H19N3O3/c1-4-6-7-11(3,5-2)14-9(16)12-8(15)13-10(14)17/h4-7H2,1-3H3,(H2,12,13,15,16,17). The van der Waals surface area contributed by atoms with Gasteiger partial charge in [-0.2, -0.15) is 0 Å². The SMILES string of the molecule is CCCCC(C)(CC)n1c(=O)[nH]c(=O)[nH]c1=O. The van der Waals surface area contributed by atoms with E-state index in [9.17, 15) is 14.4 Å². The molecule has 6 heteroatoms. The third-order valence-electron chi connectivity index (χ3n) is 3.22. The molecule has 1 heterocycles. The molecule has 1 rings (SSSR count). The van der Waals surface area contributed by atoms with Gasteiger partial charge in [-0.3, -0.25) is 9.97 Å². The Hall–Kier alpha value is -1.59. The Morgan fingerprint density at radius 1 is 1.12 bits per heavy atom. The third kappa shape index (κ3) is 2.75. The van der Waals surface area contributed by atoms with Gasteiger partial charge in [0.2, 0.25) is 0 Å². The van der Waals surface area contributed by atoms with Crippen LogP contribution in [0.3, 0.4) is 0 Å². The highest BCUT2D eigenvalue weighted by molar-refractivity contribution is 4.85. The molecule has 0 fully saturated rings. The van der Waals surface area contributed by atoms with Crippen LogP contribution in [-0.2, 0) is 5.54 Å². The van der Waals surface area contributed by atoms with Crippen LogP contribution in [0.4, 0.5) is 0 Å². The molecule has 0 amide bonds. The second kappa shape index (κ2) is 5.16. The van der Waals surface area contributed by atoms with E-state index in [0.29, 0.717) is 6.42 Å². The molecular formula is C11H19N3O3. The molecule has 0 radical (unpaired) electrons. The molecule has 0 bridgehead atoms. The Morgan fingerprint density at radius 3 is 2.06 bits per heavy atom. The number of aromatic nitrogens is 3. The van der Waals surface area contributed by atoms with Gasteiger partial charge < -0.3 is 0 Å². The molecule has 0 aromatic carbocycles. The van der Waals surface area contributed by atoms with Crippen molar-refractivity contribution in [2.75, 3.05) is 0 Å². The molecule has 0 spiro atoms. The molecule has 0 aliphatic carbocycles. The summed E-state index contributed by atoms with van der Waals surface area (Å²) in [6, 6.07) is 0. The monoisotopic (exact) mass is 241 g/mol. The summed E-state index contributed by atoms with van der Waals surface area (Å²) < 4.78 is 1.12. The molecule has 1 aromatic heterocycles. The van der Waals surface area contributed by atoms with Crippen molar-refractivity contribution in [3.8, 4) is 0 Å². The molecule has 1 unspecified atom stereocenters. The van der Waals surface area contributed by atoms with Crippen molar-refractivity contribution in [2.24, 2.45) is 0 Å². The van der Waals surface area contributed by atoms with Gasteiger partial charge in [-0.25, -0.2) is 19.0 Å². The molecule has 2 N–H and O–H groups in total. The topological polar surface area (TPSA) is 87.7 Å². The Bertz CT molecular complexity index is 506. The lowest BCUT2D eigenvalue weighted by atomic mass is 9.92. The van der Waals surface area contributed by atoms with Gasteiger partial charge in [0.1, 0.15) is 0 Å². The fourth-order valence-electron chi connectivity index (χ4n) is 1.92. The van der Waals surface area contributed by atoms with Crippen LogP contribution in [0.2, 0.25) is 0 Å². The van der Waals surface area contributed by atoms with Crippen molar-refractivity contribution in [1.82, 2.24) is 14.5 Å². The average molecular weight is 241 g/mol. The van der Waals surface area contributed by atoms with Crippen molar-refractivity contribution in [2.45, 2.75) is 52.0 Å². The lowest BCUT2D eigenvalue weighted by Gasteiger charge is -2.29. The summed E-state index contributed by atoms with van der Waals surface area (Å²) in [7, 11) is 0. The summed E-state index contributed by atoms with van der Waals surface area (Å²) in [5.41, 5.74) is -2.59. The van der Waals surface area contributed by atoms with Crippen molar-refractivity contribution in [3.05, 3.63) is 31.5 Å². The first-order valence-electron chi connectivity index (χ1n) is 5.90. The summed E-state index contributed by atoms with van der Waals surface area (Å²) in [5.74, 6) is 0. The zero-order valence-electron chi connectivity index (χ0n) is 10.5. The number of aromatic amines is 2. The first kappa shape index (κ1) is 13.5. The largest absolute Gasteiger partial charge is 0.334 e. The maximum Gasteiger partial charge on any atom is 0.334 e. The van der Waals surface area contributed by atoms with Gasteiger partial charge in [-0.1, -0.05) is 26.7 Å². The van der Waals surface area contributed by atoms with Crippen LogP contribution < -0.4 is 17.1 Å². The maximum atomic E-state index is 11.7. The van der Waals surface area contributed by atoms with Crippen molar-refractivity contribution in [3.63, 3.8) is 0 Å². The number of hydrogen-bond donors (Lipinski definition) is 2. The van der Waals surface area contributed by atoms with Crippen LogP contribution in [0, 0.1) is 0 Å². The number of nitrogens with one attached hydrogen (secondary N) is 2. The highest BCUT2D eigenvalue weighted by Crippen LogP contribution is 2.23. The first-order chi connectivity index (χ1) is 7.94. The van der Waals surface area contributed by atoms with Gasteiger partial charge in [-0.05, 0) is 19.8 Å². The van der Waals surface area contributed by atoms with Gasteiger partial charge in [0.15, 0.2) is 0 Å². The summed E-state index contributed by atoms with van der Waals surface area (Å²) in [4.78, 5) is 38.6. The number of nitrogens with zero attached hydrogens (tertiary/aromatic N) is 1. The van der Waals surface area contributed by atoms with E-state index in [0.717, 1.165) is 23.8 Å². The Morgan fingerprint density at radius 2 is 1.65 bits per heavy atom. The number of hydrogen-bond acceptors (Lipinski definition) is 3. The highest BCUT2D eigenvalue weighted by atomic mass is 16.2. The minimum atomic E-state index is -0.759. The number of unbranched alkanes of at least 4 members (excludes halogenated alkanes) is 1. The lowest BCUT2D eigenvalue weighted by Crippen LogP contribution is -2.52. The van der Waals surface area contributed by atoms with Crippen LogP contribution in [0.25, 0.3) is 0 Å². The highest BCUT2D eigenvalue weighted by Gasteiger charge is 2.27. The number of H-pyrrole nitrogens is 2. The average Bonchev–Trinajstić information content (AvgIpc) is 2.25. The first-order valence-corrected chi connectivity index (χ1v) is 5.90. The summed E-state index contributed by atoms with van der Waals surface area (Å²) in [6.45, 7) is 5.83. The van der Waals surface area contributed by atoms with Crippen LogP contribution in [0.1, 0.15) is 46.5 Å². The molecule has 0 saturated heterocycles. The van der Waals surface area contributed by atoms with Crippen molar-refractivity contribution >= 4 is 0 Å². The third-order valence-corrected chi connectivity index (χ3v) is 3.22. The molecule has 6 nitrogen and oxygen atoms in total. The van der Waals surface area contributed by atoms with Gasteiger partial charge in [0.25, 0.3) is 0 Å². The summed E-state index contributed by atoms with van der Waals surface area (Å²) >= 11 is 0. The summed E-state index contributed by atoms with van der Waals surface area (Å²) in [5, 5.41) is 0. The smallest absolute Gasteiger partial charge is 0.259 e. The van der Waals surface area contributed by atoms with E-state index in [1.165, 1.54) is 0 Å². The Balaban J connectivity index is 3.35. The van der Waals surface area contributed by atoms with Crippen LogP contribution in [0.5, 0.6) is 0 Å². The Kier molecular flexibility index (Phi) is 4.09. The second-order valence-corrected chi connectivity index (χ2v) is 4.48. The van der Waals surface area contributed by atoms with E-state index < -0.39 is 22.6 Å². The molecule has 0 saturated carbocycles. The van der Waals surface area contributed by atoms with E-state index in [-0.39, 0.29) is 0 Å². The fourth-order valence-corrected chi connectivity index (χ4v) is 1.92. The van der Waals surface area contributed by atoms with Gasteiger partial charge in [-0.15, -0.1) is 0 Å². The second-order valence-electron chi connectivity index (χ2n) is 4.48. The minimum absolute atomic E-state index is 0.551. The quantitative estimate of drug-likeness (QED) is 0.788. The van der Waals surface area contributed by atoms with Crippen LogP contribution in [0.15, 0.2) is 14.4 Å². The minimum Gasteiger partial charge on any atom is -0.259 e. The van der Waals surface area contributed by atoms with Crippen LogP contribution in [-0.4, -0.2) is 14.5 Å². The van der Waals surface area contributed by atoms with Gasteiger partial charge >= 0.3 is 17.1 Å². The van der Waals surface area contributed by atoms with E-state index >= 15 is 0 Å². The van der Waals surface area contributed by atoms with E-state index in [1.807, 2.05) is 13.8 Å². The maximum absolute atomic E-state index is 11.7. The summed E-state index contributed by atoms with van der Waals surface area (Å²) in [6.07, 6.45) is 3.30. The molecule has 17 heavy (non-hydrogen) atoms. The molecule has 1 atom stereocenters. The predicted octanol–water partition coefficient (Wildman–Crippen LogP) is 0.540. The van der Waals surface area contributed by atoms with E-state index in [2.05, 4.69) is 16.9 Å². The Labute approximate surface area is 98.7 Å². The number of rotatable bonds is 5. The molecular weight excluding hydrogens is 222 g/mol. The zero-order valence-corrected chi connectivity index (χ0v) is 10.5. The molecule has 0 aliphatic heterocycles. The molecule has 96 valence electrons. The zero-order chi connectivity index (χ0) is 13.1. The molecule has 1 aromatic rings. The molecule has 0 aliphatic rings. The van der Waals surface area contributed by atoms with Gasteiger partial charge in [0, 0.05) is 0 Å². The predicted molar refractivity (Wildman–Crippen MR) is 65.4 cm³/mol. The normalized spacial score (nSPS) is 14.5. The van der Waals surface area contributed by atoms with E-state index in [1.54, 1.807) is 0 Å². The fraction of sp³-hybridized carbons (Fsp3) is 0.727. The van der Waals surface area contributed by atoms with Gasteiger partial charge in [0.05, 0.1) is 5.54 Å². The van der Waals surface area contributed by atoms with Crippen LogP contribution >= 0.6 is 0 Å². The van der Waals surface area contributed by atoms with Crippen molar-refractivity contribution < 1.29 is 0 Å². The lowest BCUT2D eigenvalue weighted by molar-refractivity contribution is 0.249. The van der Waals surface area contributed by atoms with E-state index in [4.69, 9.17) is 0 Å². The van der Waals surface area contributed by atoms with Crippen molar-refractivity contribution in [1.29, 1.82) is 0 Å².